The highest BCUT2D eigenvalue weighted by atomic mass is 32.2. The second-order valence-corrected chi connectivity index (χ2v) is 6.69. The molecule has 9 heteroatoms. The number of hydrogen-bond acceptors (Lipinski definition) is 6. The van der Waals surface area contributed by atoms with E-state index in [4.69, 9.17) is 5.11 Å². The van der Waals surface area contributed by atoms with Crippen LogP contribution in [0.3, 0.4) is 0 Å². The number of carboxylic acids is 1. The lowest BCUT2D eigenvalue weighted by atomic mass is 10.3. The van der Waals surface area contributed by atoms with Gasteiger partial charge in [-0.15, -0.1) is 11.3 Å². The predicted molar refractivity (Wildman–Crippen MR) is 68.9 cm³/mol. The van der Waals surface area contributed by atoms with Crippen molar-refractivity contribution in [2.45, 2.75) is 11.1 Å². The number of nitrogens with one attached hydrogen (secondary N) is 1. The minimum Gasteiger partial charge on any atom is -0.477 e. The van der Waals surface area contributed by atoms with Gasteiger partial charge in [0, 0.05) is 0 Å². The van der Waals surface area contributed by atoms with E-state index in [0.717, 1.165) is 17.5 Å². The summed E-state index contributed by atoms with van der Waals surface area (Å²) in [5, 5.41) is 9.32. The van der Waals surface area contributed by atoms with E-state index in [2.05, 4.69) is 14.7 Å². The van der Waals surface area contributed by atoms with Gasteiger partial charge in [-0.1, -0.05) is 0 Å². The van der Waals surface area contributed by atoms with Crippen molar-refractivity contribution >= 4 is 33.0 Å². The number of hydrogen-bond donors (Lipinski definition) is 2. The summed E-state index contributed by atoms with van der Waals surface area (Å²) in [5.41, 5.74) is 0.0348. The molecule has 0 radical (unpaired) electrons. The van der Waals surface area contributed by atoms with Crippen molar-refractivity contribution in [2.75, 3.05) is 4.72 Å². The van der Waals surface area contributed by atoms with Gasteiger partial charge in [-0.25, -0.2) is 23.2 Å². The summed E-state index contributed by atoms with van der Waals surface area (Å²) in [6, 6.07) is 2.56. The minimum atomic E-state index is -3.71. The molecule has 19 heavy (non-hydrogen) atoms. The smallest absolute Gasteiger partial charge is 0.354 e. The number of carbonyl (C=O) groups is 1. The summed E-state index contributed by atoms with van der Waals surface area (Å²) < 4.78 is 26.3. The summed E-state index contributed by atoms with van der Waals surface area (Å²) >= 11 is 1.05. The lowest BCUT2D eigenvalue weighted by Crippen LogP contribution is -2.12. The molecule has 0 aliphatic rings. The van der Waals surface area contributed by atoms with Gasteiger partial charge in [0.05, 0.1) is 23.1 Å². The Kier molecular flexibility index (Phi) is 3.49. The Hall–Kier alpha value is -2.00. The molecule has 7 nitrogen and oxygen atoms in total. The molecule has 0 spiro atoms. The number of aromatic nitrogens is 2. The number of nitrogens with zero attached hydrogens (tertiary/aromatic N) is 2. The second kappa shape index (κ2) is 4.94. The maximum Gasteiger partial charge on any atom is 0.354 e. The van der Waals surface area contributed by atoms with Gasteiger partial charge in [0.25, 0.3) is 10.0 Å². The number of rotatable bonds is 4. The first kappa shape index (κ1) is 13.4. The normalized spacial score (nSPS) is 11.2. The van der Waals surface area contributed by atoms with Crippen molar-refractivity contribution < 1.29 is 18.3 Å². The van der Waals surface area contributed by atoms with E-state index in [9.17, 15) is 13.2 Å². The Labute approximate surface area is 113 Å². The Morgan fingerprint density at radius 3 is 2.53 bits per heavy atom. The number of carboxylic acid groups (broad SMARTS) is 1. The molecular formula is C10H9N3O4S2. The highest BCUT2D eigenvalue weighted by Gasteiger charge is 2.17. The number of anilines is 1. The first-order valence-corrected chi connectivity index (χ1v) is 7.33. The molecule has 0 aliphatic heterocycles. The molecule has 0 saturated carbocycles. The van der Waals surface area contributed by atoms with Crippen LogP contribution in [-0.2, 0) is 10.0 Å². The summed E-state index contributed by atoms with van der Waals surface area (Å²) in [4.78, 5) is 18.1. The first-order valence-electron chi connectivity index (χ1n) is 5.03. The zero-order valence-electron chi connectivity index (χ0n) is 9.69. The van der Waals surface area contributed by atoms with Crippen LogP contribution in [0.1, 0.15) is 15.5 Å². The third-order valence-corrected chi connectivity index (χ3v) is 4.85. The lowest BCUT2D eigenvalue weighted by molar-refractivity contribution is 0.0690. The zero-order valence-corrected chi connectivity index (χ0v) is 11.3. The molecule has 0 aromatic carbocycles. The molecule has 2 heterocycles. The maximum atomic E-state index is 11.9. The van der Waals surface area contributed by atoms with E-state index in [0.29, 0.717) is 5.01 Å². The fourth-order valence-electron chi connectivity index (χ4n) is 1.25. The van der Waals surface area contributed by atoms with E-state index >= 15 is 0 Å². The highest BCUT2D eigenvalue weighted by molar-refractivity contribution is 7.94. The van der Waals surface area contributed by atoms with E-state index in [1.165, 1.54) is 18.3 Å². The molecule has 2 aromatic rings. The van der Waals surface area contributed by atoms with Crippen molar-refractivity contribution in [3.63, 3.8) is 0 Å². The molecule has 2 aromatic heterocycles. The van der Waals surface area contributed by atoms with E-state index < -0.39 is 16.0 Å². The van der Waals surface area contributed by atoms with Gasteiger partial charge in [0.15, 0.2) is 4.21 Å². The molecule has 0 aliphatic carbocycles. The molecule has 2 rings (SSSR count). The fourth-order valence-corrected chi connectivity index (χ4v) is 3.40. The molecule has 0 saturated heterocycles. The van der Waals surface area contributed by atoms with Crippen molar-refractivity contribution in [1.29, 1.82) is 0 Å². The average molecular weight is 299 g/mol. The Morgan fingerprint density at radius 1 is 1.32 bits per heavy atom. The quantitative estimate of drug-likeness (QED) is 0.881. The van der Waals surface area contributed by atoms with Gasteiger partial charge in [0.2, 0.25) is 0 Å². The number of sulfonamides is 1. The third-order valence-electron chi connectivity index (χ3n) is 2.10. The third kappa shape index (κ3) is 3.06. The van der Waals surface area contributed by atoms with E-state index in [1.807, 2.05) is 0 Å². The molecule has 0 unspecified atom stereocenters. The molecule has 0 bridgehead atoms. The number of pyridine rings is 1. The Balaban J connectivity index is 2.23. The predicted octanol–water partition coefficient (Wildman–Crippen LogP) is 1.35. The Morgan fingerprint density at radius 2 is 2.05 bits per heavy atom. The summed E-state index contributed by atoms with van der Waals surface area (Å²) in [6.45, 7) is 1.70. The first-order chi connectivity index (χ1) is 8.88. The van der Waals surface area contributed by atoms with Gasteiger partial charge < -0.3 is 5.11 Å². The van der Waals surface area contributed by atoms with Crippen molar-refractivity contribution in [3.05, 3.63) is 35.2 Å². The van der Waals surface area contributed by atoms with Crippen LogP contribution in [0.25, 0.3) is 0 Å². The fraction of sp³-hybridized carbons (Fsp3) is 0.100. The largest absolute Gasteiger partial charge is 0.477 e. The second-order valence-electron chi connectivity index (χ2n) is 3.54. The van der Waals surface area contributed by atoms with Crippen LogP contribution in [0.2, 0.25) is 0 Å². The lowest BCUT2D eigenvalue weighted by Gasteiger charge is -2.05. The average Bonchev–Trinajstić information content (AvgIpc) is 2.77. The summed E-state index contributed by atoms with van der Waals surface area (Å²) in [5.74, 6) is -1.17. The molecule has 2 N–H and O–H groups in total. The van der Waals surface area contributed by atoms with Crippen LogP contribution in [-0.4, -0.2) is 29.5 Å². The molecule has 100 valence electrons. The maximum absolute atomic E-state index is 11.9. The summed E-state index contributed by atoms with van der Waals surface area (Å²) in [6.07, 6.45) is 2.41. The van der Waals surface area contributed by atoms with Crippen molar-refractivity contribution in [3.8, 4) is 0 Å². The van der Waals surface area contributed by atoms with Crippen LogP contribution in [0.4, 0.5) is 5.69 Å². The topological polar surface area (TPSA) is 109 Å². The molecule has 0 atom stereocenters. The van der Waals surface area contributed by atoms with Gasteiger partial charge in [-0.05, 0) is 19.1 Å². The van der Waals surface area contributed by atoms with E-state index in [-0.39, 0.29) is 15.6 Å². The zero-order chi connectivity index (χ0) is 14.0. The van der Waals surface area contributed by atoms with Gasteiger partial charge in [-0.3, -0.25) is 4.72 Å². The Bertz CT molecular complexity index is 707. The molecular weight excluding hydrogens is 290 g/mol. The van der Waals surface area contributed by atoms with E-state index in [1.54, 1.807) is 6.92 Å². The van der Waals surface area contributed by atoms with Gasteiger partial charge in [-0.2, -0.15) is 0 Å². The monoisotopic (exact) mass is 299 g/mol. The van der Waals surface area contributed by atoms with Crippen LogP contribution in [0, 0.1) is 6.92 Å². The number of aromatic carboxylic acids is 1. The SMILES string of the molecule is Cc1ncc(S(=O)(=O)Nc2ccc(C(=O)O)nc2)s1. The van der Waals surface area contributed by atoms with Crippen LogP contribution < -0.4 is 4.72 Å². The van der Waals surface area contributed by atoms with Crippen molar-refractivity contribution in [1.82, 2.24) is 9.97 Å². The number of aryl methyl sites for hydroxylation is 1. The minimum absolute atomic E-state index is 0.0901. The molecule has 0 fully saturated rings. The van der Waals surface area contributed by atoms with Crippen LogP contribution in [0.15, 0.2) is 28.7 Å². The molecule has 0 amide bonds. The van der Waals surface area contributed by atoms with Gasteiger partial charge >= 0.3 is 5.97 Å². The number of thiazole rings is 1. The van der Waals surface area contributed by atoms with Crippen molar-refractivity contribution in [2.24, 2.45) is 0 Å². The van der Waals surface area contributed by atoms with Gasteiger partial charge in [0.1, 0.15) is 5.69 Å². The van der Waals surface area contributed by atoms with Crippen LogP contribution >= 0.6 is 11.3 Å². The standard InChI is InChI=1S/C10H9N3O4S2/c1-6-11-5-9(18-6)19(16,17)13-7-2-3-8(10(14)15)12-4-7/h2-5,13H,1H3,(H,14,15). The summed E-state index contributed by atoms with van der Waals surface area (Å²) in [7, 11) is -3.71. The highest BCUT2D eigenvalue weighted by Crippen LogP contribution is 2.21. The van der Waals surface area contributed by atoms with Crippen LogP contribution in [0.5, 0.6) is 0 Å².